The number of aryl methyl sites for hydroxylation is 1. The predicted molar refractivity (Wildman–Crippen MR) is 149 cm³/mol. The van der Waals surface area contributed by atoms with Gasteiger partial charge in [0.15, 0.2) is 0 Å². The van der Waals surface area contributed by atoms with Gasteiger partial charge in [0.25, 0.3) is 11.7 Å². The van der Waals surface area contributed by atoms with Gasteiger partial charge in [-0.25, -0.2) is 0 Å². The lowest BCUT2D eigenvalue weighted by Crippen LogP contribution is -2.32. The Morgan fingerprint density at radius 1 is 1.05 bits per heavy atom. The van der Waals surface area contributed by atoms with E-state index < -0.39 is 17.7 Å². The van der Waals surface area contributed by atoms with E-state index in [9.17, 15) is 14.7 Å². The van der Waals surface area contributed by atoms with Gasteiger partial charge >= 0.3 is 0 Å². The fraction of sp³-hybridized carbons (Fsp3) is 0.484. The van der Waals surface area contributed by atoms with Crippen LogP contribution in [0.2, 0.25) is 0 Å². The molecule has 0 bridgehead atoms. The molecule has 6 heteroatoms. The third-order valence-corrected chi connectivity index (χ3v) is 6.84. The summed E-state index contributed by atoms with van der Waals surface area (Å²) < 4.78 is 5.85. The minimum atomic E-state index is -0.645. The van der Waals surface area contributed by atoms with Crippen LogP contribution in [0.15, 0.2) is 48.0 Å². The van der Waals surface area contributed by atoms with Crippen LogP contribution in [-0.2, 0) is 15.0 Å². The number of likely N-dealkylation sites (tertiary alicyclic amines) is 1. The summed E-state index contributed by atoms with van der Waals surface area (Å²) in [6, 6.07) is 12.8. The number of hydrogen-bond acceptors (Lipinski definition) is 5. The Labute approximate surface area is 221 Å². The molecule has 0 saturated carbocycles. The molecular weight excluding hydrogens is 464 g/mol. The number of ether oxygens (including phenoxy) is 1. The molecule has 3 rings (SSSR count). The largest absolute Gasteiger partial charge is 0.507 e. The quantitative estimate of drug-likeness (QED) is 0.190. The van der Waals surface area contributed by atoms with Crippen molar-refractivity contribution < 1.29 is 19.4 Å². The molecule has 2 aromatic rings. The number of amides is 1. The molecule has 1 saturated heterocycles. The van der Waals surface area contributed by atoms with Gasteiger partial charge in [0, 0.05) is 12.1 Å². The molecular formula is C31H42N2O4. The average molecular weight is 507 g/mol. The first kappa shape index (κ1) is 28.5. The van der Waals surface area contributed by atoms with Crippen molar-refractivity contribution in [2.45, 2.75) is 65.3 Å². The number of Topliss-reactive ketones (excluding diaryl/α,β-unsaturated/α-hetero) is 1. The van der Waals surface area contributed by atoms with E-state index in [0.29, 0.717) is 18.7 Å². The number of rotatable bonds is 10. The SMILES string of the molecule is CCCCOc1ccc(/C(O)=C2/C(=O)C(=O)N(CCCN(C)C)C2c2ccc(C(C)(C)C)cc2)cc1C. The number of aliphatic hydroxyl groups excluding tert-OH is 1. The maximum absolute atomic E-state index is 13.3. The van der Waals surface area contributed by atoms with Crippen molar-refractivity contribution in [2.24, 2.45) is 0 Å². The summed E-state index contributed by atoms with van der Waals surface area (Å²) in [5.41, 5.74) is 3.46. The van der Waals surface area contributed by atoms with Crippen molar-refractivity contribution in [3.63, 3.8) is 0 Å². The lowest BCUT2D eigenvalue weighted by atomic mass is 9.85. The lowest BCUT2D eigenvalue weighted by Gasteiger charge is -2.27. The molecule has 1 aliphatic heterocycles. The topological polar surface area (TPSA) is 70.1 Å². The smallest absolute Gasteiger partial charge is 0.295 e. The number of carbonyl (C=O) groups is 2. The molecule has 37 heavy (non-hydrogen) atoms. The molecule has 6 nitrogen and oxygen atoms in total. The fourth-order valence-corrected chi connectivity index (χ4v) is 4.62. The van der Waals surface area contributed by atoms with Crippen molar-refractivity contribution in [3.8, 4) is 5.75 Å². The number of ketones is 1. The molecule has 1 fully saturated rings. The maximum atomic E-state index is 13.3. The molecule has 0 aromatic heterocycles. The Hall–Kier alpha value is -3.12. The van der Waals surface area contributed by atoms with E-state index in [1.54, 1.807) is 11.0 Å². The maximum Gasteiger partial charge on any atom is 0.295 e. The summed E-state index contributed by atoms with van der Waals surface area (Å²) >= 11 is 0. The zero-order chi connectivity index (χ0) is 27.3. The van der Waals surface area contributed by atoms with E-state index in [2.05, 4.69) is 32.6 Å². The van der Waals surface area contributed by atoms with E-state index in [1.807, 2.05) is 57.4 Å². The number of carbonyl (C=O) groups excluding carboxylic acids is 2. The van der Waals surface area contributed by atoms with Crippen LogP contribution in [0, 0.1) is 6.92 Å². The third-order valence-electron chi connectivity index (χ3n) is 6.84. The third kappa shape index (κ3) is 6.61. The van der Waals surface area contributed by atoms with Gasteiger partial charge in [-0.15, -0.1) is 0 Å². The zero-order valence-electron chi connectivity index (χ0n) is 23.4. The van der Waals surface area contributed by atoms with Crippen LogP contribution in [-0.4, -0.2) is 60.4 Å². The number of aliphatic hydroxyl groups is 1. The number of benzene rings is 2. The van der Waals surface area contributed by atoms with Crippen LogP contribution in [0.4, 0.5) is 0 Å². The molecule has 0 radical (unpaired) electrons. The second kappa shape index (κ2) is 12.0. The Balaban J connectivity index is 2.05. The van der Waals surface area contributed by atoms with Crippen molar-refractivity contribution in [1.82, 2.24) is 9.80 Å². The molecule has 1 unspecified atom stereocenters. The Morgan fingerprint density at radius 3 is 2.30 bits per heavy atom. The van der Waals surface area contributed by atoms with Crippen LogP contribution in [0.5, 0.6) is 5.75 Å². The highest BCUT2D eigenvalue weighted by Crippen LogP contribution is 2.40. The number of unbranched alkanes of at least 4 members (excludes halogenated alkanes) is 1. The van der Waals surface area contributed by atoms with Gasteiger partial charge in [0.05, 0.1) is 18.2 Å². The summed E-state index contributed by atoms with van der Waals surface area (Å²) in [5, 5.41) is 11.4. The van der Waals surface area contributed by atoms with Gasteiger partial charge in [0.2, 0.25) is 0 Å². The molecule has 200 valence electrons. The molecule has 0 spiro atoms. The summed E-state index contributed by atoms with van der Waals surface area (Å²) in [4.78, 5) is 30.2. The van der Waals surface area contributed by atoms with Crippen LogP contribution in [0.3, 0.4) is 0 Å². The van der Waals surface area contributed by atoms with Crippen molar-refractivity contribution in [1.29, 1.82) is 0 Å². The van der Waals surface area contributed by atoms with E-state index in [1.165, 1.54) is 0 Å². The molecule has 1 heterocycles. The lowest BCUT2D eigenvalue weighted by molar-refractivity contribution is -0.139. The summed E-state index contributed by atoms with van der Waals surface area (Å²) in [6.07, 6.45) is 2.73. The minimum Gasteiger partial charge on any atom is -0.507 e. The summed E-state index contributed by atoms with van der Waals surface area (Å²) in [7, 11) is 3.96. The van der Waals surface area contributed by atoms with E-state index >= 15 is 0 Å². The van der Waals surface area contributed by atoms with Gasteiger partial charge in [-0.3, -0.25) is 9.59 Å². The van der Waals surface area contributed by atoms with E-state index in [0.717, 1.165) is 48.2 Å². The van der Waals surface area contributed by atoms with Crippen LogP contribution >= 0.6 is 0 Å². The normalized spacial score (nSPS) is 17.6. The van der Waals surface area contributed by atoms with E-state index in [-0.39, 0.29) is 16.7 Å². The molecule has 1 amide bonds. The first-order chi connectivity index (χ1) is 17.5. The molecule has 0 aliphatic carbocycles. The second-order valence-electron chi connectivity index (χ2n) is 11.2. The highest BCUT2D eigenvalue weighted by Gasteiger charge is 2.45. The monoisotopic (exact) mass is 506 g/mol. The summed E-state index contributed by atoms with van der Waals surface area (Å²) in [5.74, 6) is -0.611. The Bertz CT molecular complexity index is 1140. The highest BCUT2D eigenvalue weighted by atomic mass is 16.5. The predicted octanol–water partition coefficient (Wildman–Crippen LogP) is 5.84. The Morgan fingerprint density at radius 2 is 1.73 bits per heavy atom. The van der Waals surface area contributed by atoms with Crippen LogP contribution in [0.25, 0.3) is 5.76 Å². The standard InChI is InChI=1S/C31H42N2O4/c1-8-9-19-37-25-16-13-23(20-21(25)2)28(34)26-27(22-11-14-24(15-12-22)31(3,4)5)33(30(36)29(26)35)18-10-17-32(6)7/h11-16,20,27,34H,8-10,17-19H2,1-7H3/b28-26-. The fourth-order valence-electron chi connectivity index (χ4n) is 4.62. The van der Waals surface area contributed by atoms with Crippen LogP contribution < -0.4 is 4.74 Å². The number of hydrogen-bond donors (Lipinski definition) is 1. The van der Waals surface area contributed by atoms with Crippen LogP contribution in [0.1, 0.15) is 75.3 Å². The van der Waals surface area contributed by atoms with Gasteiger partial charge in [-0.05, 0) is 80.7 Å². The van der Waals surface area contributed by atoms with Crippen molar-refractivity contribution in [2.75, 3.05) is 33.8 Å². The molecule has 1 atom stereocenters. The second-order valence-corrected chi connectivity index (χ2v) is 11.2. The van der Waals surface area contributed by atoms with E-state index in [4.69, 9.17) is 4.74 Å². The first-order valence-corrected chi connectivity index (χ1v) is 13.2. The zero-order valence-corrected chi connectivity index (χ0v) is 23.4. The minimum absolute atomic E-state index is 0.0233. The molecule has 1 N–H and O–H groups in total. The summed E-state index contributed by atoms with van der Waals surface area (Å²) in [6.45, 7) is 12.3. The van der Waals surface area contributed by atoms with Crippen molar-refractivity contribution >= 4 is 17.4 Å². The average Bonchev–Trinajstić information content (AvgIpc) is 3.09. The molecule has 1 aliphatic rings. The first-order valence-electron chi connectivity index (χ1n) is 13.2. The van der Waals surface area contributed by atoms with Gasteiger partial charge in [-0.2, -0.15) is 0 Å². The molecule has 2 aromatic carbocycles. The Kier molecular flexibility index (Phi) is 9.19. The highest BCUT2D eigenvalue weighted by molar-refractivity contribution is 6.46. The van der Waals surface area contributed by atoms with Gasteiger partial charge in [-0.1, -0.05) is 58.4 Å². The number of nitrogens with zero attached hydrogens (tertiary/aromatic N) is 2. The van der Waals surface area contributed by atoms with Crippen molar-refractivity contribution in [3.05, 3.63) is 70.3 Å². The van der Waals surface area contributed by atoms with Gasteiger partial charge < -0.3 is 19.6 Å². The van der Waals surface area contributed by atoms with Gasteiger partial charge in [0.1, 0.15) is 11.5 Å².